The largest absolute Gasteiger partial charge is 0.508 e. The van der Waals surface area contributed by atoms with Crippen molar-refractivity contribution < 1.29 is 19.4 Å². The third kappa shape index (κ3) is 5.46. The van der Waals surface area contributed by atoms with Gasteiger partial charge in [-0.3, -0.25) is 4.79 Å². The van der Waals surface area contributed by atoms with Gasteiger partial charge in [-0.25, -0.2) is 4.79 Å². The van der Waals surface area contributed by atoms with Crippen molar-refractivity contribution in [3.63, 3.8) is 0 Å². The molecule has 4 N–H and O–H groups in total. The maximum atomic E-state index is 12.6. The van der Waals surface area contributed by atoms with Gasteiger partial charge in [0.05, 0.1) is 5.54 Å². The number of phenols is 1. The molecule has 0 aliphatic heterocycles. The third-order valence-corrected chi connectivity index (χ3v) is 4.32. The molecule has 0 aromatic heterocycles. The normalized spacial score (nSPS) is 17.8. The number of ether oxygens (including phenoxy) is 1. The molecule has 1 amide bonds. The summed E-state index contributed by atoms with van der Waals surface area (Å²) < 4.78 is 5.45. The lowest BCUT2D eigenvalue weighted by atomic mass is 9.96. The molecule has 1 atom stereocenters. The first kappa shape index (κ1) is 19.2. The maximum absolute atomic E-state index is 12.6. The van der Waals surface area contributed by atoms with Gasteiger partial charge in [0.1, 0.15) is 17.4 Å². The van der Waals surface area contributed by atoms with E-state index >= 15 is 0 Å². The first-order valence-corrected chi connectivity index (χ1v) is 8.70. The summed E-state index contributed by atoms with van der Waals surface area (Å²) in [5.41, 5.74) is 5.45. The van der Waals surface area contributed by atoms with E-state index in [1.807, 2.05) is 0 Å². The lowest BCUT2D eigenvalue weighted by Crippen LogP contribution is -2.57. The zero-order valence-electron chi connectivity index (χ0n) is 15.2. The van der Waals surface area contributed by atoms with Crippen molar-refractivity contribution in [1.29, 1.82) is 0 Å². The maximum Gasteiger partial charge on any atom is 0.329 e. The summed E-state index contributed by atoms with van der Waals surface area (Å²) in [4.78, 5) is 25.2. The van der Waals surface area contributed by atoms with E-state index in [0.29, 0.717) is 12.8 Å². The van der Waals surface area contributed by atoms with E-state index in [0.717, 1.165) is 18.4 Å². The predicted octanol–water partition coefficient (Wildman–Crippen LogP) is 2.03. The average Bonchev–Trinajstić information content (AvgIpc) is 2.95. The molecule has 1 aliphatic carbocycles. The smallest absolute Gasteiger partial charge is 0.329 e. The molecule has 138 valence electrons. The number of carbonyl (C=O) groups excluding carboxylic acids is 2. The molecule has 0 heterocycles. The molecule has 0 unspecified atom stereocenters. The van der Waals surface area contributed by atoms with E-state index in [1.165, 1.54) is 0 Å². The van der Waals surface area contributed by atoms with E-state index in [2.05, 4.69) is 5.32 Å². The fraction of sp³-hybridized carbons (Fsp3) is 0.579. The zero-order valence-corrected chi connectivity index (χ0v) is 15.2. The second-order valence-electron chi connectivity index (χ2n) is 7.79. The molecule has 6 nitrogen and oxygen atoms in total. The van der Waals surface area contributed by atoms with Crippen molar-refractivity contribution in [3.05, 3.63) is 29.8 Å². The van der Waals surface area contributed by atoms with E-state index in [4.69, 9.17) is 10.5 Å². The van der Waals surface area contributed by atoms with Crippen molar-refractivity contribution in [1.82, 2.24) is 5.32 Å². The second-order valence-corrected chi connectivity index (χ2v) is 7.79. The predicted molar refractivity (Wildman–Crippen MR) is 95.0 cm³/mol. The van der Waals surface area contributed by atoms with Crippen molar-refractivity contribution in [3.8, 4) is 5.75 Å². The number of nitrogens with two attached hydrogens (primary N) is 1. The minimum Gasteiger partial charge on any atom is -0.508 e. The van der Waals surface area contributed by atoms with Gasteiger partial charge < -0.3 is 20.9 Å². The molecular weight excluding hydrogens is 320 g/mol. The Kier molecular flexibility index (Phi) is 5.72. The Bertz CT molecular complexity index is 613. The molecule has 1 saturated carbocycles. The Morgan fingerprint density at radius 3 is 2.32 bits per heavy atom. The highest BCUT2D eigenvalue weighted by molar-refractivity contribution is 5.90. The van der Waals surface area contributed by atoms with Gasteiger partial charge in [0, 0.05) is 6.42 Å². The van der Waals surface area contributed by atoms with Gasteiger partial charge in [-0.1, -0.05) is 25.0 Å². The van der Waals surface area contributed by atoms with Gasteiger partial charge in [-0.2, -0.15) is 0 Å². The lowest BCUT2D eigenvalue weighted by Gasteiger charge is -2.28. The van der Waals surface area contributed by atoms with Crippen molar-refractivity contribution in [2.24, 2.45) is 5.73 Å². The van der Waals surface area contributed by atoms with Crippen LogP contribution in [-0.4, -0.2) is 34.2 Å². The Morgan fingerprint density at radius 1 is 1.24 bits per heavy atom. The molecule has 1 fully saturated rings. The highest BCUT2D eigenvalue weighted by Gasteiger charge is 2.39. The standard InChI is InChI=1S/C19H28N2O4/c1-18(2,3)25-16(23)15(12-13-6-8-14(22)9-7-13)21-17(24)19(20)10-4-5-11-19/h6-9,15,22H,4-5,10-12,20H2,1-3H3,(H,21,24)/t15-/m0/s1. The van der Waals surface area contributed by atoms with Gasteiger partial charge in [0.15, 0.2) is 0 Å². The van der Waals surface area contributed by atoms with Crippen LogP contribution in [0.2, 0.25) is 0 Å². The van der Waals surface area contributed by atoms with Crippen molar-refractivity contribution >= 4 is 11.9 Å². The Labute approximate surface area is 148 Å². The summed E-state index contributed by atoms with van der Waals surface area (Å²) in [6.07, 6.45) is 3.35. The van der Waals surface area contributed by atoms with Gasteiger partial charge in [-0.15, -0.1) is 0 Å². The van der Waals surface area contributed by atoms with Crippen LogP contribution in [0.25, 0.3) is 0 Å². The number of nitrogens with one attached hydrogen (secondary N) is 1. The summed E-state index contributed by atoms with van der Waals surface area (Å²) >= 11 is 0. The molecule has 1 aliphatic rings. The highest BCUT2D eigenvalue weighted by atomic mass is 16.6. The van der Waals surface area contributed by atoms with Crippen molar-refractivity contribution in [2.45, 2.75) is 70.1 Å². The number of hydrogen-bond acceptors (Lipinski definition) is 5. The first-order valence-electron chi connectivity index (χ1n) is 8.70. The molecule has 6 heteroatoms. The van der Waals surface area contributed by atoms with Gasteiger partial charge >= 0.3 is 5.97 Å². The van der Waals surface area contributed by atoms with Crippen LogP contribution in [-0.2, 0) is 20.7 Å². The molecule has 1 aromatic rings. The fourth-order valence-electron chi connectivity index (χ4n) is 2.97. The van der Waals surface area contributed by atoms with Crippen LogP contribution in [0.15, 0.2) is 24.3 Å². The summed E-state index contributed by atoms with van der Waals surface area (Å²) in [7, 11) is 0. The van der Waals surface area contributed by atoms with Gasteiger partial charge in [0.2, 0.25) is 5.91 Å². The number of benzene rings is 1. The van der Waals surface area contributed by atoms with Crippen molar-refractivity contribution in [2.75, 3.05) is 0 Å². The molecule has 0 radical (unpaired) electrons. The van der Waals surface area contributed by atoms with E-state index < -0.39 is 23.2 Å². The second kappa shape index (κ2) is 7.44. The summed E-state index contributed by atoms with van der Waals surface area (Å²) in [5.74, 6) is -0.649. The Morgan fingerprint density at radius 2 is 1.80 bits per heavy atom. The number of amides is 1. The number of rotatable bonds is 5. The molecule has 25 heavy (non-hydrogen) atoms. The minimum atomic E-state index is -0.908. The first-order chi connectivity index (χ1) is 11.6. The molecule has 0 spiro atoms. The Hall–Kier alpha value is -2.08. The molecular formula is C19H28N2O4. The number of esters is 1. The van der Waals surface area contributed by atoms with Gasteiger partial charge in [-0.05, 0) is 51.3 Å². The van der Waals surface area contributed by atoms with Crippen LogP contribution in [0, 0.1) is 0 Å². The number of hydrogen-bond donors (Lipinski definition) is 3. The van der Waals surface area contributed by atoms with E-state index in [1.54, 1.807) is 45.0 Å². The minimum absolute atomic E-state index is 0.147. The topological polar surface area (TPSA) is 102 Å². The molecule has 0 bridgehead atoms. The molecule has 1 aromatic carbocycles. The monoisotopic (exact) mass is 348 g/mol. The fourth-order valence-corrected chi connectivity index (χ4v) is 2.97. The highest BCUT2D eigenvalue weighted by Crippen LogP contribution is 2.27. The summed E-state index contributed by atoms with van der Waals surface area (Å²) in [6.45, 7) is 5.35. The zero-order chi connectivity index (χ0) is 18.7. The summed E-state index contributed by atoms with van der Waals surface area (Å²) in [6, 6.07) is 5.70. The lowest BCUT2D eigenvalue weighted by molar-refractivity contribution is -0.159. The van der Waals surface area contributed by atoms with Crippen LogP contribution in [0.5, 0.6) is 5.75 Å². The third-order valence-electron chi connectivity index (χ3n) is 4.32. The van der Waals surface area contributed by atoms with Crippen LogP contribution in [0.1, 0.15) is 52.0 Å². The quantitative estimate of drug-likeness (QED) is 0.707. The van der Waals surface area contributed by atoms with Crippen LogP contribution >= 0.6 is 0 Å². The van der Waals surface area contributed by atoms with Crippen LogP contribution in [0.4, 0.5) is 0 Å². The SMILES string of the molecule is CC(C)(C)OC(=O)[C@H](Cc1ccc(O)cc1)NC(=O)C1(N)CCCC1. The number of aromatic hydroxyl groups is 1. The van der Waals surface area contributed by atoms with E-state index in [9.17, 15) is 14.7 Å². The molecule has 0 saturated heterocycles. The Balaban J connectivity index is 2.14. The molecule has 2 rings (SSSR count). The van der Waals surface area contributed by atoms with E-state index in [-0.39, 0.29) is 18.1 Å². The van der Waals surface area contributed by atoms with Crippen LogP contribution < -0.4 is 11.1 Å². The van der Waals surface area contributed by atoms with Gasteiger partial charge in [0.25, 0.3) is 0 Å². The van der Waals surface area contributed by atoms with Crippen LogP contribution in [0.3, 0.4) is 0 Å². The number of phenolic OH excluding ortho intramolecular Hbond substituents is 1. The average molecular weight is 348 g/mol. The summed E-state index contributed by atoms with van der Waals surface area (Å²) in [5, 5.41) is 12.2. The number of carbonyl (C=O) groups is 2.